The molecule has 0 bridgehead atoms. The molecule has 0 unspecified atom stereocenters. The van der Waals surface area contributed by atoms with Gasteiger partial charge >= 0.3 is 0 Å². The first-order valence-corrected chi connectivity index (χ1v) is 7.95. The third-order valence-corrected chi connectivity index (χ3v) is 4.55. The number of Topliss-reactive ketones (excluding diaryl/α,β-unsaturated/α-hetero) is 1. The van der Waals surface area contributed by atoms with Gasteiger partial charge in [-0.2, -0.15) is 0 Å². The van der Waals surface area contributed by atoms with Crippen LogP contribution in [0.2, 0.25) is 0 Å². The van der Waals surface area contributed by atoms with Gasteiger partial charge in [0, 0.05) is 34.3 Å². The van der Waals surface area contributed by atoms with E-state index in [4.69, 9.17) is 0 Å². The fourth-order valence-corrected chi connectivity index (χ4v) is 3.20. The summed E-state index contributed by atoms with van der Waals surface area (Å²) in [6.07, 6.45) is 3.70. The molecule has 0 aliphatic carbocycles. The quantitative estimate of drug-likeness (QED) is 0.886. The fraction of sp³-hybridized carbons (Fsp3) is 0.444. The van der Waals surface area contributed by atoms with Crippen molar-refractivity contribution in [3.63, 3.8) is 0 Å². The summed E-state index contributed by atoms with van der Waals surface area (Å²) in [6.45, 7) is 6.30. The number of aryl methyl sites for hydroxylation is 1. The molecule has 22 heavy (non-hydrogen) atoms. The minimum atomic E-state index is -0.0144. The summed E-state index contributed by atoms with van der Waals surface area (Å²) >= 11 is 0. The first kappa shape index (κ1) is 15.0. The highest BCUT2D eigenvalue weighted by molar-refractivity contribution is 5.97. The average Bonchev–Trinajstić information content (AvgIpc) is 2.52. The number of carbonyl (C=O) groups excluding carboxylic acids is 1. The average molecular weight is 298 g/mol. The van der Waals surface area contributed by atoms with E-state index in [-0.39, 0.29) is 11.2 Å². The van der Waals surface area contributed by atoms with E-state index in [1.54, 1.807) is 12.1 Å². The molecule has 1 aromatic heterocycles. The van der Waals surface area contributed by atoms with Crippen LogP contribution < -0.4 is 5.43 Å². The molecule has 2 aromatic rings. The van der Waals surface area contributed by atoms with E-state index in [0.717, 1.165) is 29.9 Å². The van der Waals surface area contributed by atoms with Gasteiger partial charge in [-0.1, -0.05) is 6.42 Å². The third-order valence-electron chi connectivity index (χ3n) is 4.55. The van der Waals surface area contributed by atoms with E-state index in [0.29, 0.717) is 17.5 Å². The Hall–Kier alpha value is -1.94. The van der Waals surface area contributed by atoms with Crippen LogP contribution in [-0.4, -0.2) is 28.8 Å². The van der Waals surface area contributed by atoms with E-state index in [1.165, 1.54) is 26.2 Å². The van der Waals surface area contributed by atoms with Crippen molar-refractivity contribution in [2.45, 2.75) is 39.7 Å². The summed E-state index contributed by atoms with van der Waals surface area (Å²) in [5, 5.41) is 0.616. The maximum Gasteiger partial charge on any atom is 0.194 e. The van der Waals surface area contributed by atoms with Gasteiger partial charge < -0.3 is 4.98 Å². The van der Waals surface area contributed by atoms with E-state index in [2.05, 4.69) is 9.88 Å². The highest BCUT2D eigenvalue weighted by atomic mass is 16.1. The van der Waals surface area contributed by atoms with Crippen LogP contribution in [0, 0.1) is 6.92 Å². The number of pyridine rings is 1. The zero-order valence-electron chi connectivity index (χ0n) is 13.2. The second-order valence-corrected chi connectivity index (χ2v) is 6.21. The molecule has 0 saturated carbocycles. The third kappa shape index (κ3) is 2.83. The Morgan fingerprint density at radius 3 is 2.64 bits per heavy atom. The number of fused-ring (bicyclic) bond motifs is 1. The van der Waals surface area contributed by atoms with Crippen molar-refractivity contribution in [2.75, 3.05) is 13.1 Å². The molecule has 1 aromatic carbocycles. The van der Waals surface area contributed by atoms with Crippen molar-refractivity contribution in [2.24, 2.45) is 0 Å². The number of aromatic nitrogens is 1. The molecule has 3 rings (SSSR count). The lowest BCUT2D eigenvalue weighted by Crippen LogP contribution is -2.32. The van der Waals surface area contributed by atoms with Gasteiger partial charge in [0.1, 0.15) is 0 Å². The highest BCUT2D eigenvalue weighted by Crippen LogP contribution is 2.17. The van der Waals surface area contributed by atoms with Gasteiger partial charge in [0.05, 0.1) is 0 Å². The Morgan fingerprint density at radius 2 is 1.95 bits per heavy atom. The predicted octanol–water partition coefficient (Wildman–Crippen LogP) is 3.03. The minimum Gasteiger partial charge on any atom is -0.358 e. The van der Waals surface area contributed by atoms with Crippen LogP contribution in [-0.2, 0) is 6.54 Å². The van der Waals surface area contributed by atoms with Crippen LogP contribution in [0.15, 0.2) is 23.0 Å². The molecule has 1 aliphatic heterocycles. The van der Waals surface area contributed by atoms with Crippen LogP contribution in [0.25, 0.3) is 10.9 Å². The molecule has 0 spiro atoms. The summed E-state index contributed by atoms with van der Waals surface area (Å²) in [7, 11) is 0. The number of ketones is 1. The van der Waals surface area contributed by atoms with Gasteiger partial charge in [0.2, 0.25) is 0 Å². The number of piperidine rings is 1. The lowest BCUT2D eigenvalue weighted by Gasteiger charge is -2.26. The van der Waals surface area contributed by atoms with Crippen molar-refractivity contribution in [1.82, 2.24) is 9.88 Å². The second-order valence-electron chi connectivity index (χ2n) is 6.21. The molecule has 1 aliphatic rings. The van der Waals surface area contributed by atoms with Crippen LogP contribution >= 0.6 is 0 Å². The smallest absolute Gasteiger partial charge is 0.194 e. The maximum atomic E-state index is 12.8. The molecule has 1 N–H and O–H groups in total. The first-order valence-electron chi connectivity index (χ1n) is 7.95. The van der Waals surface area contributed by atoms with Crippen molar-refractivity contribution < 1.29 is 4.79 Å². The molecule has 0 atom stereocenters. The number of likely N-dealkylation sites (tertiary alicyclic amines) is 1. The summed E-state index contributed by atoms with van der Waals surface area (Å²) in [4.78, 5) is 30.1. The Kier molecular flexibility index (Phi) is 4.12. The number of nitrogens with one attached hydrogen (secondary N) is 1. The summed E-state index contributed by atoms with van der Waals surface area (Å²) in [5.74, 6) is -0.0144. The van der Waals surface area contributed by atoms with Crippen molar-refractivity contribution in [1.29, 1.82) is 0 Å². The van der Waals surface area contributed by atoms with Gasteiger partial charge in [-0.15, -0.1) is 0 Å². The molecular weight excluding hydrogens is 276 g/mol. The molecule has 0 radical (unpaired) electrons. The molecular formula is C18H22N2O2. The van der Waals surface area contributed by atoms with Gasteiger partial charge in [0.15, 0.2) is 11.2 Å². The lowest BCUT2D eigenvalue weighted by molar-refractivity contribution is 0.101. The monoisotopic (exact) mass is 298 g/mol. The minimum absolute atomic E-state index is 0.0144. The fourth-order valence-electron chi connectivity index (χ4n) is 3.20. The van der Waals surface area contributed by atoms with Crippen molar-refractivity contribution >= 4 is 16.7 Å². The number of hydrogen-bond acceptors (Lipinski definition) is 3. The lowest BCUT2D eigenvalue weighted by atomic mass is 10.0. The van der Waals surface area contributed by atoms with E-state index < -0.39 is 0 Å². The number of nitrogens with zero attached hydrogens (tertiary/aromatic N) is 1. The Balaban J connectivity index is 2.05. The Morgan fingerprint density at radius 1 is 1.23 bits per heavy atom. The van der Waals surface area contributed by atoms with E-state index in [9.17, 15) is 9.59 Å². The number of aromatic amines is 1. The van der Waals surface area contributed by atoms with Gasteiger partial charge in [-0.3, -0.25) is 14.5 Å². The summed E-state index contributed by atoms with van der Waals surface area (Å²) in [5.41, 5.74) is 3.20. The number of H-pyrrole nitrogens is 1. The molecule has 116 valence electrons. The Bertz CT molecular complexity index is 770. The van der Waals surface area contributed by atoms with Crippen LogP contribution in [0.4, 0.5) is 0 Å². The van der Waals surface area contributed by atoms with E-state index >= 15 is 0 Å². The van der Waals surface area contributed by atoms with Crippen LogP contribution in [0.3, 0.4) is 0 Å². The number of benzene rings is 1. The molecule has 4 heteroatoms. The summed E-state index contributed by atoms with van der Waals surface area (Å²) in [6, 6.07) is 5.31. The zero-order valence-corrected chi connectivity index (χ0v) is 13.2. The molecule has 0 amide bonds. The first-order chi connectivity index (χ1) is 10.6. The standard InChI is InChI=1S/C18H22N2O2/c1-12-16(11-20-8-4-3-5-9-20)18(22)15-10-14(13(2)21)6-7-17(15)19-12/h6-7,10H,3-5,8-9,11H2,1-2H3,(H,19,22). The SMILES string of the molecule is CC(=O)c1ccc2[nH]c(C)c(CN3CCCCC3)c(=O)c2c1. The maximum absolute atomic E-state index is 12.8. The van der Waals surface area contributed by atoms with Crippen molar-refractivity contribution in [3.05, 3.63) is 45.2 Å². The molecule has 4 nitrogen and oxygen atoms in total. The molecule has 1 fully saturated rings. The van der Waals surface area contributed by atoms with Crippen LogP contribution in [0.1, 0.15) is 47.8 Å². The predicted molar refractivity (Wildman–Crippen MR) is 88.4 cm³/mol. The molecule has 2 heterocycles. The zero-order chi connectivity index (χ0) is 15.7. The van der Waals surface area contributed by atoms with Gasteiger partial charge in [-0.05, 0) is 58.0 Å². The summed E-state index contributed by atoms with van der Waals surface area (Å²) < 4.78 is 0. The second kappa shape index (κ2) is 6.05. The number of hydrogen-bond donors (Lipinski definition) is 1. The van der Waals surface area contributed by atoms with E-state index in [1.807, 2.05) is 13.0 Å². The highest BCUT2D eigenvalue weighted by Gasteiger charge is 2.16. The number of rotatable bonds is 3. The molecule has 1 saturated heterocycles. The van der Waals surface area contributed by atoms with Crippen molar-refractivity contribution in [3.8, 4) is 0 Å². The Labute approximate surface area is 130 Å². The number of carbonyl (C=O) groups is 1. The topological polar surface area (TPSA) is 53.2 Å². The van der Waals surface area contributed by atoms with Gasteiger partial charge in [-0.25, -0.2) is 0 Å². The van der Waals surface area contributed by atoms with Gasteiger partial charge in [0.25, 0.3) is 0 Å². The normalized spacial score (nSPS) is 16.1. The van der Waals surface area contributed by atoms with Crippen LogP contribution in [0.5, 0.6) is 0 Å². The largest absolute Gasteiger partial charge is 0.358 e.